The number of aromatic carboxylic acids is 1. The van der Waals surface area contributed by atoms with E-state index in [2.05, 4.69) is 25.5 Å². The number of H-pyrrole nitrogens is 1. The second kappa shape index (κ2) is 5.00. The lowest BCUT2D eigenvalue weighted by atomic mass is 10.3. The molecule has 3 rings (SSSR count). The fraction of sp³-hybridized carbons (Fsp3) is 0. The predicted octanol–water partition coefficient (Wildman–Crippen LogP) is 1.30. The molecule has 0 saturated carbocycles. The average Bonchev–Trinajstić information content (AvgIpc) is 2.95. The molecular weight excluding hydrogens is 274 g/mol. The van der Waals surface area contributed by atoms with Crippen LogP contribution >= 0.6 is 0 Å². The molecule has 0 unspecified atom stereocenters. The Morgan fingerprint density at radius 3 is 2.67 bits per heavy atom. The molecule has 2 aromatic heterocycles. The van der Waals surface area contributed by atoms with Crippen molar-refractivity contribution in [2.75, 3.05) is 5.32 Å². The summed E-state index contributed by atoms with van der Waals surface area (Å²) in [6.45, 7) is 0. The molecule has 21 heavy (non-hydrogen) atoms. The largest absolute Gasteiger partial charge is 0.477 e. The van der Waals surface area contributed by atoms with Gasteiger partial charge >= 0.3 is 5.97 Å². The van der Waals surface area contributed by atoms with Crippen molar-refractivity contribution in [3.8, 4) is 0 Å². The zero-order valence-corrected chi connectivity index (χ0v) is 10.6. The SMILES string of the molecule is O=C(Nc1cc(C(=O)O)[nH]n1)c1cnc2ccccc2n1. The smallest absolute Gasteiger partial charge is 0.353 e. The topological polar surface area (TPSA) is 121 Å². The normalized spacial score (nSPS) is 10.5. The van der Waals surface area contributed by atoms with Crippen LogP contribution in [0.25, 0.3) is 11.0 Å². The molecular formula is C13H9N5O3. The second-order valence-electron chi connectivity index (χ2n) is 4.17. The Hall–Kier alpha value is -3.29. The minimum atomic E-state index is -1.16. The third kappa shape index (κ3) is 2.54. The zero-order chi connectivity index (χ0) is 14.8. The predicted molar refractivity (Wildman–Crippen MR) is 73.0 cm³/mol. The monoisotopic (exact) mass is 283 g/mol. The number of hydrogen-bond donors (Lipinski definition) is 3. The molecule has 0 bridgehead atoms. The molecule has 2 heterocycles. The van der Waals surface area contributed by atoms with Crippen molar-refractivity contribution < 1.29 is 14.7 Å². The molecule has 1 aromatic carbocycles. The molecule has 0 aliphatic carbocycles. The number of benzene rings is 1. The van der Waals surface area contributed by atoms with Crippen LogP contribution in [0.3, 0.4) is 0 Å². The summed E-state index contributed by atoms with van der Waals surface area (Å²) in [5, 5.41) is 17.2. The number of anilines is 1. The van der Waals surface area contributed by atoms with Crippen LogP contribution in [0.1, 0.15) is 21.0 Å². The molecule has 3 N–H and O–H groups in total. The van der Waals surface area contributed by atoms with Gasteiger partial charge in [-0.1, -0.05) is 12.1 Å². The number of para-hydroxylation sites is 2. The van der Waals surface area contributed by atoms with Gasteiger partial charge in [0.15, 0.2) is 5.82 Å². The van der Waals surface area contributed by atoms with E-state index in [1.807, 2.05) is 6.07 Å². The van der Waals surface area contributed by atoms with E-state index >= 15 is 0 Å². The van der Waals surface area contributed by atoms with Crippen LogP contribution in [0, 0.1) is 0 Å². The third-order valence-corrected chi connectivity index (χ3v) is 2.73. The summed E-state index contributed by atoms with van der Waals surface area (Å²) in [6, 6.07) is 8.38. The number of fused-ring (bicyclic) bond motifs is 1. The standard InChI is InChI=1S/C13H9N5O3/c19-12(16-11-5-9(13(20)21)17-18-11)10-6-14-7-3-1-2-4-8(7)15-10/h1-6H,(H,20,21)(H2,16,17,18,19). The van der Waals surface area contributed by atoms with Crippen molar-refractivity contribution in [2.45, 2.75) is 0 Å². The number of carboxylic acid groups (broad SMARTS) is 1. The fourth-order valence-electron chi connectivity index (χ4n) is 1.74. The van der Waals surface area contributed by atoms with Gasteiger partial charge in [0.05, 0.1) is 17.2 Å². The first-order valence-electron chi connectivity index (χ1n) is 5.95. The summed E-state index contributed by atoms with van der Waals surface area (Å²) in [6.07, 6.45) is 1.35. The highest BCUT2D eigenvalue weighted by atomic mass is 16.4. The Kier molecular flexibility index (Phi) is 3.03. The highest BCUT2D eigenvalue weighted by Gasteiger charge is 2.13. The van der Waals surface area contributed by atoms with Crippen LogP contribution in [0.5, 0.6) is 0 Å². The number of nitrogens with zero attached hydrogens (tertiary/aromatic N) is 3. The van der Waals surface area contributed by atoms with Crippen molar-refractivity contribution in [1.82, 2.24) is 20.2 Å². The number of carboxylic acids is 1. The molecule has 0 aliphatic rings. The highest BCUT2D eigenvalue weighted by Crippen LogP contribution is 2.10. The number of aromatic nitrogens is 4. The van der Waals surface area contributed by atoms with Gasteiger partial charge < -0.3 is 10.4 Å². The first-order valence-corrected chi connectivity index (χ1v) is 5.95. The van der Waals surface area contributed by atoms with E-state index in [4.69, 9.17) is 5.11 Å². The van der Waals surface area contributed by atoms with Gasteiger partial charge in [0, 0.05) is 6.07 Å². The van der Waals surface area contributed by atoms with Gasteiger partial charge in [0.1, 0.15) is 11.4 Å². The molecule has 104 valence electrons. The number of carbonyl (C=O) groups excluding carboxylic acids is 1. The van der Waals surface area contributed by atoms with Crippen LogP contribution in [0.4, 0.5) is 5.82 Å². The first kappa shape index (κ1) is 12.7. The number of nitrogens with one attached hydrogen (secondary N) is 2. The van der Waals surface area contributed by atoms with E-state index < -0.39 is 11.9 Å². The molecule has 3 aromatic rings. The first-order chi connectivity index (χ1) is 10.1. The Morgan fingerprint density at radius 2 is 1.95 bits per heavy atom. The van der Waals surface area contributed by atoms with E-state index in [0.717, 1.165) is 0 Å². The number of carbonyl (C=O) groups is 2. The molecule has 8 heteroatoms. The molecule has 8 nitrogen and oxygen atoms in total. The summed E-state index contributed by atoms with van der Waals surface area (Å²) in [7, 11) is 0. The van der Waals surface area contributed by atoms with Gasteiger partial charge in [-0.25, -0.2) is 9.78 Å². The van der Waals surface area contributed by atoms with Crippen LogP contribution in [0.2, 0.25) is 0 Å². The Bertz CT molecular complexity index is 842. The summed E-state index contributed by atoms with van der Waals surface area (Å²) in [4.78, 5) is 31.0. The van der Waals surface area contributed by atoms with E-state index in [0.29, 0.717) is 11.0 Å². The molecule has 0 atom stereocenters. The van der Waals surface area contributed by atoms with Gasteiger partial charge in [-0.15, -0.1) is 0 Å². The zero-order valence-electron chi connectivity index (χ0n) is 10.6. The lowest BCUT2D eigenvalue weighted by molar-refractivity contribution is 0.0690. The van der Waals surface area contributed by atoms with Gasteiger partial charge in [-0.2, -0.15) is 5.10 Å². The number of amides is 1. The van der Waals surface area contributed by atoms with Gasteiger partial charge in [0.2, 0.25) is 0 Å². The van der Waals surface area contributed by atoms with Crippen molar-refractivity contribution in [2.24, 2.45) is 0 Å². The minimum Gasteiger partial charge on any atom is -0.477 e. The van der Waals surface area contributed by atoms with Crippen molar-refractivity contribution in [3.05, 3.63) is 47.9 Å². The summed E-state index contributed by atoms with van der Waals surface area (Å²) >= 11 is 0. The number of aromatic amines is 1. The molecule has 0 aliphatic heterocycles. The third-order valence-electron chi connectivity index (χ3n) is 2.73. The maximum atomic E-state index is 12.0. The van der Waals surface area contributed by atoms with Gasteiger partial charge in [-0.3, -0.25) is 14.9 Å². The maximum absolute atomic E-state index is 12.0. The van der Waals surface area contributed by atoms with Crippen LogP contribution in [-0.2, 0) is 0 Å². The Labute approximate surface area is 117 Å². The average molecular weight is 283 g/mol. The van der Waals surface area contributed by atoms with E-state index in [1.165, 1.54) is 12.3 Å². The van der Waals surface area contributed by atoms with E-state index in [9.17, 15) is 9.59 Å². The van der Waals surface area contributed by atoms with Crippen LogP contribution in [0.15, 0.2) is 36.5 Å². The van der Waals surface area contributed by atoms with Crippen LogP contribution < -0.4 is 5.32 Å². The molecule has 0 saturated heterocycles. The molecule has 0 spiro atoms. The van der Waals surface area contributed by atoms with Crippen molar-refractivity contribution in [3.63, 3.8) is 0 Å². The van der Waals surface area contributed by atoms with Crippen molar-refractivity contribution >= 4 is 28.7 Å². The van der Waals surface area contributed by atoms with Crippen LogP contribution in [-0.4, -0.2) is 37.1 Å². The van der Waals surface area contributed by atoms with Gasteiger partial charge in [-0.05, 0) is 12.1 Å². The minimum absolute atomic E-state index is 0.104. The van der Waals surface area contributed by atoms with E-state index in [-0.39, 0.29) is 17.2 Å². The molecule has 0 radical (unpaired) electrons. The fourth-order valence-corrected chi connectivity index (χ4v) is 1.74. The Morgan fingerprint density at radius 1 is 1.19 bits per heavy atom. The summed E-state index contributed by atoms with van der Waals surface area (Å²) in [5.74, 6) is -1.57. The number of hydrogen-bond acceptors (Lipinski definition) is 5. The lowest BCUT2D eigenvalue weighted by Crippen LogP contribution is -2.14. The lowest BCUT2D eigenvalue weighted by Gasteiger charge is -2.02. The van der Waals surface area contributed by atoms with E-state index in [1.54, 1.807) is 18.2 Å². The molecule has 1 amide bonds. The highest BCUT2D eigenvalue weighted by molar-refractivity contribution is 6.03. The second-order valence-corrected chi connectivity index (χ2v) is 4.17. The quantitative estimate of drug-likeness (QED) is 0.666. The molecule has 0 fully saturated rings. The number of rotatable bonds is 3. The summed E-state index contributed by atoms with van der Waals surface area (Å²) < 4.78 is 0. The van der Waals surface area contributed by atoms with Gasteiger partial charge in [0.25, 0.3) is 5.91 Å². The summed E-state index contributed by atoms with van der Waals surface area (Å²) in [5.41, 5.74) is 1.28. The maximum Gasteiger partial charge on any atom is 0.353 e. The Balaban J connectivity index is 1.84. The van der Waals surface area contributed by atoms with Crippen molar-refractivity contribution in [1.29, 1.82) is 0 Å².